The van der Waals surface area contributed by atoms with Gasteiger partial charge in [-0.3, -0.25) is 9.59 Å². The third-order valence-electron chi connectivity index (χ3n) is 3.52. The molecule has 0 aromatic heterocycles. The number of nitrogens with two attached hydrogens (primary N) is 1. The average Bonchev–Trinajstić information content (AvgIpc) is 2.59. The Morgan fingerprint density at radius 3 is 2.84 bits per heavy atom. The Balaban J connectivity index is 0.00000312. The first-order valence-corrected chi connectivity index (χ1v) is 8.90. The van der Waals surface area contributed by atoms with Crippen LogP contribution in [0.3, 0.4) is 0 Å². The second-order valence-electron chi connectivity index (χ2n) is 5.45. The molecule has 25 heavy (non-hydrogen) atoms. The Kier molecular flexibility index (Phi) is 9.48. The fraction of sp³-hybridized carbons (Fsp3) is 0.500. The van der Waals surface area contributed by atoms with Gasteiger partial charge in [-0.05, 0) is 17.7 Å². The number of benzene rings is 1. The summed E-state index contributed by atoms with van der Waals surface area (Å²) in [4.78, 5) is 22.8. The van der Waals surface area contributed by atoms with Gasteiger partial charge >= 0.3 is 0 Å². The molecule has 1 heterocycles. The molecule has 1 saturated heterocycles. The fourth-order valence-corrected chi connectivity index (χ4v) is 3.29. The predicted octanol–water partition coefficient (Wildman–Crippen LogP) is 0.692. The molecule has 7 nitrogen and oxygen atoms in total. The molecule has 1 atom stereocenters. The number of nitrogens with one attached hydrogen (secondary N) is 2. The summed E-state index contributed by atoms with van der Waals surface area (Å²) in [6.45, 7) is 1.15. The van der Waals surface area contributed by atoms with Crippen LogP contribution in [-0.4, -0.2) is 49.6 Å². The van der Waals surface area contributed by atoms with E-state index in [2.05, 4.69) is 10.6 Å². The van der Waals surface area contributed by atoms with Crippen LogP contribution in [0.4, 0.5) is 0 Å². The third-order valence-corrected chi connectivity index (χ3v) is 4.65. The minimum atomic E-state index is -0.553. The number of rotatable bonds is 8. The Labute approximate surface area is 157 Å². The summed E-state index contributed by atoms with van der Waals surface area (Å²) >= 11 is 1.87. The van der Waals surface area contributed by atoms with E-state index in [4.69, 9.17) is 15.2 Å². The molecular formula is C16H24ClN3O4S. The largest absolute Gasteiger partial charge is 0.493 e. The van der Waals surface area contributed by atoms with E-state index in [1.807, 2.05) is 17.8 Å². The zero-order valence-corrected chi connectivity index (χ0v) is 15.7. The number of methoxy groups -OCH3 is 1. The quantitative estimate of drug-likeness (QED) is 0.604. The van der Waals surface area contributed by atoms with Crippen molar-refractivity contribution in [2.75, 3.05) is 31.8 Å². The van der Waals surface area contributed by atoms with Crippen LogP contribution in [0.5, 0.6) is 11.5 Å². The second-order valence-corrected chi connectivity index (χ2v) is 6.60. The highest BCUT2D eigenvalue weighted by molar-refractivity contribution is 7.99. The Hall–Kier alpha value is -1.64. The van der Waals surface area contributed by atoms with E-state index in [9.17, 15) is 9.59 Å². The van der Waals surface area contributed by atoms with Gasteiger partial charge in [-0.25, -0.2) is 0 Å². The van der Waals surface area contributed by atoms with Crippen molar-refractivity contribution in [3.8, 4) is 11.5 Å². The van der Waals surface area contributed by atoms with Gasteiger partial charge in [-0.15, -0.1) is 12.4 Å². The van der Waals surface area contributed by atoms with Crippen LogP contribution in [-0.2, 0) is 16.1 Å². The van der Waals surface area contributed by atoms with Crippen LogP contribution in [0.1, 0.15) is 12.0 Å². The maximum atomic E-state index is 12.0. The summed E-state index contributed by atoms with van der Waals surface area (Å²) in [5.74, 6) is 2.46. The molecule has 4 N–H and O–H groups in total. The van der Waals surface area contributed by atoms with Crippen molar-refractivity contribution in [2.24, 2.45) is 5.73 Å². The number of primary amides is 1. The number of carbonyl (C=O) groups is 2. The van der Waals surface area contributed by atoms with Gasteiger partial charge in [0.2, 0.25) is 5.91 Å². The second kappa shape index (κ2) is 11.1. The maximum absolute atomic E-state index is 12.0. The van der Waals surface area contributed by atoms with Crippen molar-refractivity contribution in [1.82, 2.24) is 10.6 Å². The van der Waals surface area contributed by atoms with Crippen LogP contribution in [0.15, 0.2) is 18.2 Å². The molecular weight excluding hydrogens is 366 g/mol. The molecule has 1 aromatic carbocycles. The summed E-state index contributed by atoms with van der Waals surface area (Å²) in [5, 5.41) is 6.25. The summed E-state index contributed by atoms with van der Waals surface area (Å²) in [7, 11) is 1.52. The monoisotopic (exact) mass is 389 g/mol. The van der Waals surface area contributed by atoms with Gasteiger partial charge in [-0.2, -0.15) is 11.8 Å². The number of hydrogen-bond donors (Lipinski definition) is 3. The highest BCUT2D eigenvalue weighted by Crippen LogP contribution is 2.28. The van der Waals surface area contributed by atoms with Crippen LogP contribution in [0, 0.1) is 0 Å². The molecule has 1 aliphatic heterocycles. The van der Waals surface area contributed by atoms with Gasteiger partial charge in [0.15, 0.2) is 18.1 Å². The van der Waals surface area contributed by atoms with Crippen molar-refractivity contribution in [3.63, 3.8) is 0 Å². The molecule has 0 aliphatic carbocycles. The zero-order chi connectivity index (χ0) is 17.4. The van der Waals surface area contributed by atoms with Crippen molar-refractivity contribution >= 4 is 36.0 Å². The first-order chi connectivity index (χ1) is 11.6. The fourth-order valence-electron chi connectivity index (χ4n) is 2.34. The molecule has 0 radical (unpaired) electrons. The SMILES string of the molecule is COc1cc(CNC(=O)CC2CSCCN2)ccc1OCC(N)=O.Cl. The molecule has 2 rings (SSSR count). The molecule has 1 aliphatic rings. The standard InChI is InChI=1S/C16H23N3O4S.ClH/c1-22-14-6-11(2-3-13(14)23-9-15(17)20)8-19-16(21)7-12-10-24-5-4-18-12;/h2-3,6,12,18H,4-5,7-10H2,1H3,(H2,17,20)(H,19,21);1H. The number of thioether (sulfide) groups is 1. The van der Waals surface area contributed by atoms with E-state index in [1.165, 1.54) is 7.11 Å². The highest BCUT2D eigenvalue weighted by atomic mass is 35.5. The first-order valence-electron chi connectivity index (χ1n) is 7.74. The summed E-state index contributed by atoms with van der Waals surface area (Å²) in [5.41, 5.74) is 5.95. The van der Waals surface area contributed by atoms with Crippen LogP contribution in [0.2, 0.25) is 0 Å². The molecule has 0 saturated carbocycles. The van der Waals surface area contributed by atoms with Crippen molar-refractivity contribution in [2.45, 2.75) is 19.0 Å². The lowest BCUT2D eigenvalue weighted by molar-refractivity contribution is -0.122. The molecule has 2 amide bonds. The van der Waals surface area contributed by atoms with Crippen molar-refractivity contribution < 1.29 is 19.1 Å². The zero-order valence-electron chi connectivity index (χ0n) is 14.1. The summed E-state index contributed by atoms with van der Waals surface area (Å²) < 4.78 is 10.5. The van der Waals surface area contributed by atoms with Gasteiger partial charge in [0, 0.05) is 37.1 Å². The Bertz CT molecular complexity index is 582. The molecule has 1 aromatic rings. The van der Waals surface area contributed by atoms with E-state index in [1.54, 1.807) is 12.1 Å². The minimum Gasteiger partial charge on any atom is -0.493 e. The molecule has 1 fully saturated rings. The average molecular weight is 390 g/mol. The van der Waals surface area contributed by atoms with Gasteiger partial charge in [0.05, 0.1) is 7.11 Å². The normalized spacial score (nSPS) is 16.4. The van der Waals surface area contributed by atoms with Gasteiger partial charge in [0.25, 0.3) is 5.91 Å². The van der Waals surface area contributed by atoms with Gasteiger partial charge in [-0.1, -0.05) is 6.07 Å². The molecule has 1 unspecified atom stereocenters. The smallest absolute Gasteiger partial charge is 0.255 e. The van der Waals surface area contributed by atoms with E-state index < -0.39 is 5.91 Å². The lowest BCUT2D eigenvalue weighted by atomic mass is 10.2. The summed E-state index contributed by atoms with van der Waals surface area (Å²) in [6, 6.07) is 5.52. The summed E-state index contributed by atoms with van der Waals surface area (Å²) in [6.07, 6.45) is 0.476. The van der Waals surface area contributed by atoms with Crippen LogP contribution >= 0.6 is 24.2 Å². The highest BCUT2D eigenvalue weighted by Gasteiger charge is 2.16. The van der Waals surface area contributed by atoms with E-state index in [0.29, 0.717) is 24.5 Å². The molecule has 0 spiro atoms. The number of carbonyl (C=O) groups excluding carboxylic acids is 2. The lowest BCUT2D eigenvalue weighted by Crippen LogP contribution is -2.41. The lowest BCUT2D eigenvalue weighted by Gasteiger charge is -2.22. The first kappa shape index (κ1) is 21.4. The predicted molar refractivity (Wildman–Crippen MR) is 101 cm³/mol. The van der Waals surface area contributed by atoms with Crippen molar-refractivity contribution in [1.29, 1.82) is 0 Å². The number of halogens is 1. The topological polar surface area (TPSA) is 103 Å². The number of hydrogen-bond acceptors (Lipinski definition) is 6. The third kappa shape index (κ3) is 7.41. The van der Waals surface area contributed by atoms with Crippen molar-refractivity contribution in [3.05, 3.63) is 23.8 Å². The minimum absolute atomic E-state index is 0. The van der Waals surface area contributed by atoms with Crippen LogP contribution in [0.25, 0.3) is 0 Å². The Morgan fingerprint density at radius 1 is 1.40 bits per heavy atom. The van der Waals surface area contributed by atoms with E-state index in [-0.39, 0.29) is 31.0 Å². The number of amides is 2. The maximum Gasteiger partial charge on any atom is 0.255 e. The van der Waals surface area contributed by atoms with Gasteiger partial charge in [0.1, 0.15) is 0 Å². The number of ether oxygens (including phenoxy) is 2. The Morgan fingerprint density at radius 2 is 2.20 bits per heavy atom. The van der Waals surface area contributed by atoms with Gasteiger partial charge < -0.3 is 25.8 Å². The molecule has 9 heteroatoms. The van der Waals surface area contributed by atoms with E-state index >= 15 is 0 Å². The van der Waals surface area contributed by atoms with Crippen LogP contribution < -0.4 is 25.8 Å². The molecule has 140 valence electrons. The van der Waals surface area contributed by atoms with E-state index in [0.717, 1.165) is 23.6 Å². The molecule has 0 bridgehead atoms.